The number of aromatic carboxylic acids is 1. The number of carboxylic acid groups (broad SMARTS) is 1. The van der Waals surface area contributed by atoms with Crippen LogP contribution in [0.2, 0.25) is 5.02 Å². The maximum atomic E-state index is 11.8. The van der Waals surface area contributed by atoms with Crippen LogP contribution in [0.25, 0.3) is 5.69 Å². The zero-order valence-corrected chi connectivity index (χ0v) is 17.1. The van der Waals surface area contributed by atoms with Crippen molar-refractivity contribution >= 4 is 34.9 Å². The summed E-state index contributed by atoms with van der Waals surface area (Å²) in [5, 5.41) is 18.5. The van der Waals surface area contributed by atoms with Gasteiger partial charge in [0.15, 0.2) is 10.8 Å². The highest BCUT2D eigenvalue weighted by molar-refractivity contribution is 7.80. The second-order valence-corrected chi connectivity index (χ2v) is 7.61. The van der Waals surface area contributed by atoms with Gasteiger partial charge in [-0.1, -0.05) is 41.9 Å². The maximum Gasteiger partial charge on any atom is 0.356 e. The minimum atomic E-state index is -1.04. The first-order chi connectivity index (χ1) is 14.0. The van der Waals surface area contributed by atoms with E-state index < -0.39 is 5.97 Å². The molecule has 1 aliphatic heterocycles. The Balaban J connectivity index is 1.56. The van der Waals surface area contributed by atoms with Gasteiger partial charge in [-0.05, 0) is 42.0 Å². The normalized spacial score (nSPS) is 13.1. The Bertz CT molecular complexity index is 1050. The van der Waals surface area contributed by atoms with Crippen molar-refractivity contribution in [2.45, 2.75) is 19.5 Å². The Morgan fingerprint density at radius 1 is 1.17 bits per heavy atom. The summed E-state index contributed by atoms with van der Waals surface area (Å²) in [4.78, 5) is 13.8. The molecule has 2 heterocycles. The van der Waals surface area contributed by atoms with Crippen molar-refractivity contribution in [3.8, 4) is 5.69 Å². The second kappa shape index (κ2) is 8.23. The van der Waals surface area contributed by atoms with Gasteiger partial charge in [-0.2, -0.15) is 5.10 Å². The molecule has 2 aromatic carbocycles. The van der Waals surface area contributed by atoms with E-state index in [9.17, 15) is 9.90 Å². The average molecular weight is 427 g/mol. The number of halogens is 1. The van der Waals surface area contributed by atoms with Crippen LogP contribution in [0.5, 0.6) is 0 Å². The van der Waals surface area contributed by atoms with E-state index in [0.717, 1.165) is 16.9 Å². The third kappa shape index (κ3) is 4.11. The molecule has 8 heteroatoms. The van der Waals surface area contributed by atoms with E-state index in [1.54, 1.807) is 16.8 Å². The van der Waals surface area contributed by atoms with Crippen molar-refractivity contribution in [1.29, 1.82) is 0 Å². The van der Waals surface area contributed by atoms with Gasteiger partial charge in [-0.3, -0.25) is 0 Å². The van der Waals surface area contributed by atoms with Gasteiger partial charge in [0, 0.05) is 36.6 Å². The van der Waals surface area contributed by atoms with Crippen LogP contribution in [0.4, 0.5) is 0 Å². The molecular weight excluding hydrogens is 408 g/mol. The third-order valence-electron chi connectivity index (χ3n) is 4.90. The summed E-state index contributed by atoms with van der Waals surface area (Å²) in [7, 11) is 0. The molecule has 0 spiro atoms. The van der Waals surface area contributed by atoms with E-state index in [0.29, 0.717) is 41.8 Å². The van der Waals surface area contributed by atoms with Crippen LogP contribution in [-0.2, 0) is 19.5 Å². The van der Waals surface area contributed by atoms with Gasteiger partial charge in [-0.25, -0.2) is 9.48 Å². The van der Waals surface area contributed by atoms with Gasteiger partial charge in [0.25, 0.3) is 0 Å². The van der Waals surface area contributed by atoms with E-state index in [1.807, 2.05) is 47.4 Å². The Morgan fingerprint density at radius 2 is 1.90 bits per heavy atom. The largest absolute Gasteiger partial charge is 0.476 e. The lowest BCUT2D eigenvalue weighted by atomic mass is 10.1. The zero-order chi connectivity index (χ0) is 20.4. The fraction of sp³-hybridized carbons (Fsp3) is 0.190. The number of nitrogens with zero attached hydrogens (tertiary/aromatic N) is 3. The van der Waals surface area contributed by atoms with Crippen molar-refractivity contribution < 1.29 is 9.90 Å². The predicted octanol–water partition coefficient (Wildman–Crippen LogP) is 3.66. The Kier molecular flexibility index (Phi) is 5.51. The lowest BCUT2D eigenvalue weighted by Crippen LogP contribution is -2.42. The molecule has 0 amide bonds. The predicted molar refractivity (Wildman–Crippen MR) is 116 cm³/mol. The number of carbonyl (C=O) groups is 1. The van der Waals surface area contributed by atoms with Gasteiger partial charge in [0.05, 0.1) is 11.4 Å². The van der Waals surface area contributed by atoms with E-state index in [-0.39, 0.29) is 5.69 Å². The molecule has 0 saturated heterocycles. The Labute approximate surface area is 178 Å². The third-order valence-corrected chi connectivity index (χ3v) is 5.56. The summed E-state index contributed by atoms with van der Waals surface area (Å²) in [6.45, 7) is 1.72. The molecule has 29 heavy (non-hydrogen) atoms. The van der Waals surface area contributed by atoms with Crippen molar-refractivity contribution in [3.63, 3.8) is 0 Å². The minimum absolute atomic E-state index is 0.0607. The molecule has 0 saturated carbocycles. The molecule has 0 unspecified atom stereocenters. The Hall–Kier alpha value is -2.90. The highest BCUT2D eigenvalue weighted by atomic mass is 35.5. The molecule has 4 rings (SSSR count). The quantitative estimate of drug-likeness (QED) is 0.620. The topological polar surface area (TPSA) is 70.4 Å². The number of thiocarbonyl (C=S) groups is 1. The molecule has 148 valence electrons. The molecule has 0 aliphatic carbocycles. The van der Waals surface area contributed by atoms with Gasteiger partial charge in [-0.15, -0.1) is 0 Å². The summed E-state index contributed by atoms with van der Waals surface area (Å²) in [6.07, 6.45) is 0.644. The molecule has 0 fully saturated rings. The average Bonchev–Trinajstić information content (AvgIpc) is 3.12. The number of carboxylic acids is 1. The van der Waals surface area contributed by atoms with E-state index in [1.165, 1.54) is 0 Å². The van der Waals surface area contributed by atoms with Crippen molar-refractivity contribution in [2.24, 2.45) is 0 Å². The molecule has 0 atom stereocenters. The SMILES string of the molecule is O=C(O)c1nn(-c2ccc(Cl)cc2)c2c1CN(C(=S)NCc1ccccc1)CC2. The highest BCUT2D eigenvalue weighted by Crippen LogP contribution is 2.26. The molecule has 1 aromatic heterocycles. The van der Waals surface area contributed by atoms with Crippen molar-refractivity contribution in [1.82, 2.24) is 20.0 Å². The fourth-order valence-corrected chi connectivity index (χ4v) is 3.80. The van der Waals surface area contributed by atoms with Crippen LogP contribution in [0.15, 0.2) is 54.6 Å². The summed E-state index contributed by atoms with van der Waals surface area (Å²) >= 11 is 11.5. The first kappa shape index (κ1) is 19.4. The van der Waals surface area contributed by atoms with Crippen LogP contribution in [-0.4, -0.2) is 37.4 Å². The number of nitrogens with one attached hydrogen (secondary N) is 1. The van der Waals surface area contributed by atoms with Crippen LogP contribution < -0.4 is 5.32 Å². The summed E-state index contributed by atoms with van der Waals surface area (Å²) in [6, 6.07) is 17.2. The maximum absolute atomic E-state index is 11.8. The van der Waals surface area contributed by atoms with Crippen LogP contribution >= 0.6 is 23.8 Å². The lowest BCUT2D eigenvalue weighted by molar-refractivity contribution is 0.0688. The number of benzene rings is 2. The van der Waals surface area contributed by atoms with Crippen molar-refractivity contribution in [3.05, 3.63) is 82.1 Å². The van der Waals surface area contributed by atoms with E-state index in [4.69, 9.17) is 23.8 Å². The number of fused-ring (bicyclic) bond motifs is 1. The molecular formula is C21H19ClN4O2S. The smallest absolute Gasteiger partial charge is 0.356 e. The van der Waals surface area contributed by atoms with Crippen LogP contribution in [0.3, 0.4) is 0 Å². The molecule has 6 nitrogen and oxygen atoms in total. The highest BCUT2D eigenvalue weighted by Gasteiger charge is 2.29. The van der Waals surface area contributed by atoms with Gasteiger partial charge < -0.3 is 15.3 Å². The Morgan fingerprint density at radius 3 is 2.59 bits per heavy atom. The number of aromatic nitrogens is 2. The van der Waals surface area contributed by atoms with Gasteiger partial charge in [0.2, 0.25) is 0 Å². The van der Waals surface area contributed by atoms with Gasteiger partial charge >= 0.3 is 5.97 Å². The summed E-state index contributed by atoms with van der Waals surface area (Å²) in [5.41, 5.74) is 3.57. The minimum Gasteiger partial charge on any atom is -0.476 e. The number of rotatable bonds is 4. The van der Waals surface area contributed by atoms with E-state index >= 15 is 0 Å². The molecule has 0 bridgehead atoms. The monoisotopic (exact) mass is 426 g/mol. The second-order valence-electron chi connectivity index (χ2n) is 6.78. The van der Waals surface area contributed by atoms with Crippen LogP contribution in [0, 0.1) is 0 Å². The molecule has 2 N–H and O–H groups in total. The summed E-state index contributed by atoms with van der Waals surface area (Å²) < 4.78 is 1.70. The first-order valence-corrected chi connectivity index (χ1v) is 9.98. The lowest BCUT2D eigenvalue weighted by Gasteiger charge is -2.30. The standard InChI is InChI=1S/C21H19ClN4O2S/c22-15-6-8-16(9-7-15)26-18-10-11-25(13-17(18)19(24-26)20(27)28)21(29)23-12-14-4-2-1-3-5-14/h1-9H,10-13H2,(H,23,29)(H,27,28). The number of hydrogen-bond donors (Lipinski definition) is 2. The molecule has 1 aliphatic rings. The fourth-order valence-electron chi connectivity index (χ4n) is 3.45. The summed E-state index contributed by atoms with van der Waals surface area (Å²) in [5.74, 6) is -1.04. The number of hydrogen-bond acceptors (Lipinski definition) is 3. The van der Waals surface area contributed by atoms with Crippen molar-refractivity contribution in [2.75, 3.05) is 6.54 Å². The molecule has 3 aromatic rings. The first-order valence-electron chi connectivity index (χ1n) is 9.19. The van der Waals surface area contributed by atoms with Gasteiger partial charge in [0.1, 0.15) is 0 Å². The zero-order valence-electron chi connectivity index (χ0n) is 15.5. The molecule has 0 radical (unpaired) electrons. The van der Waals surface area contributed by atoms with Crippen LogP contribution in [0.1, 0.15) is 27.3 Å². The van der Waals surface area contributed by atoms with E-state index in [2.05, 4.69) is 10.4 Å².